The Morgan fingerprint density at radius 1 is 1.50 bits per heavy atom. The summed E-state index contributed by atoms with van der Waals surface area (Å²) < 4.78 is 2.10. The molecular formula is C12H21N5O. The lowest BCUT2D eigenvalue weighted by Crippen LogP contribution is -2.44. The van der Waals surface area contributed by atoms with Crippen LogP contribution >= 0.6 is 0 Å². The normalized spacial score (nSPS) is 15.8. The van der Waals surface area contributed by atoms with Crippen molar-refractivity contribution in [2.24, 2.45) is 11.7 Å². The summed E-state index contributed by atoms with van der Waals surface area (Å²) in [6.07, 6.45) is 2.09. The standard InChI is InChI=1S/C12H21N5O/c1-8(2)11(13)12(18)16(3)7-10-15-14-9-5-4-6-17(9)10/h8,11H,4-7,13H2,1-3H3/t11-/m0/s1. The Bertz CT molecular complexity index is 440. The molecule has 0 radical (unpaired) electrons. The zero-order valence-electron chi connectivity index (χ0n) is 11.3. The van der Waals surface area contributed by atoms with E-state index in [1.54, 1.807) is 11.9 Å². The highest BCUT2D eigenvalue weighted by molar-refractivity contribution is 5.81. The van der Waals surface area contributed by atoms with E-state index < -0.39 is 6.04 Å². The Labute approximate surface area is 107 Å². The lowest BCUT2D eigenvalue weighted by Gasteiger charge is -2.23. The van der Waals surface area contributed by atoms with Crippen LogP contribution in [0.5, 0.6) is 0 Å². The second-order valence-corrected chi connectivity index (χ2v) is 5.25. The van der Waals surface area contributed by atoms with E-state index >= 15 is 0 Å². The number of likely N-dealkylation sites (N-methyl/N-ethyl adjacent to an activating group) is 1. The van der Waals surface area contributed by atoms with Crippen LogP contribution in [-0.2, 0) is 24.3 Å². The molecule has 0 bridgehead atoms. The molecule has 2 N–H and O–H groups in total. The van der Waals surface area contributed by atoms with E-state index in [4.69, 9.17) is 5.73 Å². The number of aromatic nitrogens is 3. The molecule has 6 heteroatoms. The molecule has 0 fully saturated rings. The van der Waals surface area contributed by atoms with Crippen LogP contribution < -0.4 is 5.73 Å². The SMILES string of the molecule is CC(C)[C@H](N)C(=O)N(C)Cc1nnc2n1CCC2. The Morgan fingerprint density at radius 2 is 2.22 bits per heavy atom. The first kappa shape index (κ1) is 13.0. The van der Waals surface area contributed by atoms with Gasteiger partial charge in [-0.3, -0.25) is 4.79 Å². The van der Waals surface area contributed by atoms with E-state index in [-0.39, 0.29) is 11.8 Å². The number of amides is 1. The molecule has 1 aliphatic heterocycles. The summed E-state index contributed by atoms with van der Waals surface area (Å²) in [5.74, 6) is 1.98. The summed E-state index contributed by atoms with van der Waals surface area (Å²) >= 11 is 0. The Kier molecular flexibility index (Phi) is 3.65. The number of aryl methyl sites for hydroxylation is 1. The lowest BCUT2D eigenvalue weighted by molar-refractivity contribution is -0.132. The summed E-state index contributed by atoms with van der Waals surface area (Å²) in [5, 5.41) is 8.28. The van der Waals surface area contributed by atoms with Gasteiger partial charge in [0.05, 0.1) is 12.6 Å². The van der Waals surface area contributed by atoms with Crippen LogP contribution in [0.1, 0.15) is 31.9 Å². The molecule has 0 saturated carbocycles. The number of fused-ring (bicyclic) bond motifs is 1. The van der Waals surface area contributed by atoms with Crippen molar-refractivity contribution in [3.8, 4) is 0 Å². The average Bonchev–Trinajstić information content (AvgIpc) is 2.91. The fraction of sp³-hybridized carbons (Fsp3) is 0.750. The first-order valence-corrected chi connectivity index (χ1v) is 6.42. The first-order chi connectivity index (χ1) is 8.50. The third kappa shape index (κ3) is 2.38. The molecule has 1 aromatic rings. The number of hydrogen-bond acceptors (Lipinski definition) is 4. The van der Waals surface area contributed by atoms with Gasteiger partial charge in [0, 0.05) is 20.0 Å². The van der Waals surface area contributed by atoms with Crippen LogP contribution in [0, 0.1) is 5.92 Å². The van der Waals surface area contributed by atoms with Gasteiger partial charge < -0.3 is 15.2 Å². The fourth-order valence-electron chi connectivity index (χ4n) is 2.16. The smallest absolute Gasteiger partial charge is 0.239 e. The minimum absolute atomic E-state index is 0.0413. The van der Waals surface area contributed by atoms with E-state index in [2.05, 4.69) is 14.8 Å². The van der Waals surface area contributed by atoms with Crippen molar-refractivity contribution in [3.63, 3.8) is 0 Å². The maximum atomic E-state index is 12.1. The number of nitrogens with zero attached hydrogens (tertiary/aromatic N) is 4. The molecule has 1 amide bonds. The van der Waals surface area contributed by atoms with Gasteiger partial charge >= 0.3 is 0 Å². The van der Waals surface area contributed by atoms with Gasteiger partial charge in [0.1, 0.15) is 5.82 Å². The summed E-state index contributed by atoms with van der Waals surface area (Å²) in [4.78, 5) is 13.7. The molecule has 2 heterocycles. The fourth-order valence-corrected chi connectivity index (χ4v) is 2.16. The predicted molar refractivity (Wildman–Crippen MR) is 67.6 cm³/mol. The highest BCUT2D eigenvalue weighted by Crippen LogP contribution is 2.15. The molecule has 1 atom stereocenters. The van der Waals surface area contributed by atoms with Gasteiger partial charge in [-0.05, 0) is 12.3 Å². The van der Waals surface area contributed by atoms with E-state index in [0.29, 0.717) is 6.54 Å². The van der Waals surface area contributed by atoms with Gasteiger partial charge in [-0.25, -0.2) is 0 Å². The van der Waals surface area contributed by atoms with Crippen molar-refractivity contribution in [2.75, 3.05) is 7.05 Å². The summed E-state index contributed by atoms with van der Waals surface area (Å²) in [6, 6.07) is -0.448. The topological polar surface area (TPSA) is 77.0 Å². The molecule has 0 saturated heterocycles. The second-order valence-electron chi connectivity index (χ2n) is 5.25. The molecule has 18 heavy (non-hydrogen) atoms. The van der Waals surface area contributed by atoms with Crippen molar-refractivity contribution in [2.45, 2.75) is 45.8 Å². The van der Waals surface area contributed by atoms with Crippen molar-refractivity contribution in [1.82, 2.24) is 19.7 Å². The van der Waals surface area contributed by atoms with Gasteiger partial charge in [0.2, 0.25) is 5.91 Å². The first-order valence-electron chi connectivity index (χ1n) is 6.42. The highest BCUT2D eigenvalue weighted by Gasteiger charge is 2.24. The third-order valence-electron chi connectivity index (χ3n) is 3.44. The summed E-state index contributed by atoms with van der Waals surface area (Å²) in [6.45, 7) is 5.33. The third-order valence-corrected chi connectivity index (χ3v) is 3.44. The Balaban J connectivity index is 2.03. The van der Waals surface area contributed by atoms with Crippen LogP contribution in [0.4, 0.5) is 0 Å². The van der Waals surface area contributed by atoms with Gasteiger partial charge in [-0.15, -0.1) is 10.2 Å². The predicted octanol–water partition coefficient (Wildman–Crippen LogP) is 0.166. The second kappa shape index (κ2) is 5.06. The maximum Gasteiger partial charge on any atom is 0.239 e. The van der Waals surface area contributed by atoms with Gasteiger partial charge in [-0.1, -0.05) is 13.8 Å². The average molecular weight is 251 g/mol. The minimum atomic E-state index is -0.448. The van der Waals surface area contributed by atoms with Gasteiger partial charge in [0.25, 0.3) is 0 Å². The summed E-state index contributed by atoms with van der Waals surface area (Å²) in [7, 11) is 1.77. The van der Waals surface area contributed by atoms with Crippen LogP contribution in [0.15, 0.2) is 0 Å². The van der Waals surface area contributed by atoms with Crippen molar-refractivity contribution >= 4 is 5.91 Å². The monoisotopic (exact) mass is 251 g/mol. The summed E-state index contributed by atoms with van der Waals surface area (Å²) in [5.41, 5.74) is 5.87. The molecule has 0 aromatic carbocycles. The molecule has 100 valence electrons. The quantitative estimate of drug-likeness (QED) is 0.827. The lowest BCUT2D eigenvalue weighted by atomic mass is 10.0. The number of hydrogen-bond donors (Lipinski definition) is 1. The van der Waals surface area contributed by atoms with Gasteiger partial charge in [0.15, 0.2) is 5.82 Å². The largest absolute Gasteiger partial charge is 0.337 e. The van der Waals surface area contributed by atoms with Crippen molar-refractivity contribution < 1.29 is 4.79 Å². The molecule has 2 rings (SSSR count). The van der Waals surface area contributed by atoms with Gasteiger partial charge in [-0.2, -0.15) is 0 Å². The molecule has 1 aliphatic rings. The van der Waals surface area contributed by atoms with E-state index in [1.807, 2.05) is 13.8 Å². The molecule has 6 nitrogen and oxygen atoms in total. The van der Waals surface area contributed by atoms with Crippen LogP contribution in [-0.4, -0.2) is 38.7 Å². The molecule has 0 spiro atoms. The minimum Gasteiger partial charge on any atom is -0.337 e. The Hall–Kier alpha value is -1.43. The van der Waals surface area contributed by atoms with Crippen molar-refractivity contribution in [3.05, 3.63) is 11.6 Å². The zero-order chi connectivity index (χ0) is 13.3. The van der Waals surface area contributed by atoms with E-state index in [9.17, 15) is 4.79 Å². The maximum absolute atomic E-state index is 12.1. The molecular weight excluding hydrogens is 230 g/mol. The van der Waals surface area contributed by atoms with Crippen molar-refractivity contribution in [1.29, 1.82) is 0 Å². The number of rotatable bonds is 4. The number of carbonyl (C=O) groups is 1. The number of carbonyl (C=O) groups excluding carboxylic acids is 1. The van der Waals surface area contributed by atoms with Crippen LogP contribution in [0.25, 0.3) is 0 Å². The molecule has 1 aromatic heterocycles. The molecule has 0 unspecified atom stereocenters. The van der Waals surface area contributed by atoms with Crippen LogP contribution in [0.3, 0.4) is 0 Å². The van der Waals surface area contributed by atoms with E-state index in [0.717, 1.165) is 31.0 Å². The molecule has 0 aliphatic carbocycles. The zero-order valence-corrected chi connectivity index (χ0v) is 11.3. The number of nitrogens with two attached hydrogens (primary N) is 1. The Morgan fingerprint density at radius 3 is 2.89 bits per heavy atom. The highest BCUT2D eigenvalue weighted by atomic mass is 16.2. The van der Waals surface area contributed by atoms with Crippen LogP contribution in [0.2, 0.25) is 0 Å². The van der Waals surface area contributed by atoms with E-state index in [1.165, 1.54) is 0 Å².